The van der Waals surface area contributed by atoms with Gasteiger partial charge in [-0.05, 0) is 30.5 Å². The first-order chi connectivity index (χ1) is 16.0. The van der Waals surface area contributed by atoms with Crippen LogP contribution in [-0.4, -0.2) is 57.4 Å². The van der Waals surface area contributed by atoms with Gasteiger partial charge in [-0.3, -0.25) is 9.69 Å². The Balaban J connectivity index is 1.31. The second-order valence-electron chi connectivity index (χ2n) is 9.46. The summed E-state index contributed by atoms with van der Waals surface area (Å²) in [6, 6.07) is 8.49. The predicted molar refractivity (Wildman–Crippen MR) is 130 cm³/mol. The van der Waals surface area contributed by atoms with Crippen molar-refractivity contribution in [3.05, 3.63) is 51.9 Å². The van der Waals surface area contributed by atoms with Crippen LogP contribution >= 0.6 is 0 Å². The molecule has 9 nitrogen and oxygen atoms in total. The highest BCUT2D eigenvalue weighted by atomic mass is 16.1. The second kappa shape index (κ2) is 9.07. The van der Waals surface area contributed by atoms with E-state index in [9.17, 15) is 4.79 Å². The highest BCUT2D eigenvalue weighted by Crippen LogP contribution is 2.34. The number of unbranched alkanes of at least 4 members (excludes halogenated alkanes) is 1. The Kier molecular flexibility index (Phi) is 5.99. The third-order valence-electron chi connectivity index (χ3n) is 6.82. The number of nitrogens with two attached hydrogens (primary N) is 1. The van der Waals surface area contributed by atoms with Gasteiger partial charge in [-0.15, -0.1) is 0 Å². The fourth-order valence-corrected chi connectivity index (χ4v) is 4.84. The minimum atomic E-state index is -0.216. The van der Waals surface area contributed by atoms with Crippen molar-refractivity contribution in [2.24, 2.45) is 5.41 Å². The average molecular weight is 449 g/mol. The lowest BCUT2D eigenvalue weighted by atomic mass is 9.81. The highest BCUT2D eigenvalue weighted by Gasteiger charge is 2.42. The van der Waals surface area contributed by atoms with E-state index in [0.717, 1.165) is 44.6 Å². The fourth-order valence-electron chi connectivity index (χ4n) is 4.84. The molecule has 2 saturated heterocycles. The van der Waals surface area contributed by atoms with Crippen LogP contribution in [0.5, 0.6) is 0 Å². The number of rotatable bonds is 8. The molecule has 0 unspecified atom stereocenters. The van der Waals surface area contributed by atoms with E-state index >= 15 is 0 Å². The Bertz CT molecular complexity index is 1190. The number of hydrogen-bond acceptors (Lipinski definition) is 8. The first kappa shape index (κ1) is 21.8. The summed E-state index contributed by atoms with van der Waals surface area (Å²) in [4.78, 5) is 24.2. The van der Waals surface area contributed by atoms with Gasteiger partial charge >= 0.3 is 0 Å². The zero-order valence-corrected chi connectivity index (χ0v) is 19.2. The van der Waals surface area contributed by atoms with Crippen LogP contribution in [0, 0.1) is 5.41 Å². The Morgan fingerprint density at radius 3 is 2.58 bits per heavy atom. The minimum absolute atomic E-state index is 0.133. The van der Waals surface area contributed by atoms with E-state index < -0.39 is 0 Å². The van der Waals surface area contributed by atoms with Crippen molar-refractivity contribution in [2.75, 3.05) is 43.8 Å². The van der Waals surface area contributed by atoms with Crippen LogP contribution in [0.15, 0.2) is 35.3 Å². The van der Waals surface area contributed by atoms with E-state index in [1.807, 2.05) is 0 Å². The lowest BCUT2D eigenvalue weighted by Gasteiger charge is -2.39. The maximum Gasteiger partial charge on any atom is 0.280 e. The quantitative estimate of drug-likeness (QED) is 0.447. The molecule has 1 spiro atoms. The summed E-state index contributed by atoms with van der Waals surface area (Å²) >= 11 is 0. The van der Waals surface area contributed by atoms with Crippen molar-refractivity contribution >= 4 is 22.7 Å². The Morgan fingerprint density at radius 2 is 1.91 bits per heavy atom. The average Bonchev–Trinajstić information content (AvgIpc) is 3.22. The number of nitrogens with one attached hydrogen (secondary N) is 2. The molecule has 2 fully saturated rings. The van der Waals surface area contributed by atoms with Crippen molar-refractivity contribution in [3.8, 4) is 0 Å². The topological polar surface area (TPSA) is 114 Å². The number of nitrogen functional groups attached to an aromatic ring is 1. The van der Waals surface area contributed by atoms with Gasteiger partial charge in [-0.1, -0.05) is 37.6 Å². The zero-order valence-electron chi connectivity index (χ0n) is 19.2. The Labute approximate surface area is 193 Å². The number of likely N-dealkylation sites (tertiary alicyclic amines) is 1. The monoisotopic (exact) mass is 448 g/mol. The summed E-state index contributed by atoms with van der Waals surface area (Å²) in [6.07, 6.45) is 4.90. The summed E-state index contributed by atoms with van der Waals surface area (Å²) in [5.41, 5.74) is 8.93. The molecule has 0 radical (unpaired) electrons. The molecule has 0 amide bonds. The van der Waals surface area contributed by atoms with Crippen molar-refractivity contribution in [1.29, 1.82) is 0 Å². The molecule has 0 atom stereocenters. The van der Waals surface area contributed by atoms with Crippen molar-refractivity contribution < 1.29 is 0 Å². The molecule has 3 aromatic rings. The van der Waals surface area contributed by atoms with Crippen molar-refractivity contribution in [3.63, 3.8) is 0 Å². The molecule has 33 heavy (non-hydrogen) atoms. The third-order valence-corrected chi connectivity index (χ3v) is 6.82. The van der Waals surface area contributed by atoms with E-state index in [0.29, 0.717) is 28.7 Å². The first-order valence-corrected chi connectivity index (χ1v) is 11.8. The SMILES string of the molecule is CCCCNc1nc(N)nc2cnn(Cc3ccc(CN4CCC5(CNC5)C4)cc3)c(=O)c12. The van der Waals surface area contributed by atoms with E-state index in [1.165, 1.54) is 29.8 Å². The Morgan fingerprint density at radius 1 is 1.15 bits per heavy atom. The molecule has 1 aromatic carbocycles. The van der Waals surface area contributed by atoms with Gasteiger partial charge in [0.1, 0.15) is 16.7 Å². The van der Waals surface area contributed by atoms with E-state index in [1.54, 1.807) is 6.20 Å². The molecule has 2 aliphatic heterocycles. The van der Waals surface area contributed by atoms with Gasteiger partial charge in [-0.25, -0.2) is 9.67 Å². The van der Waals surface area contributed by atoms with Gasteiger partial charge in [-0.2, -0.15) is 10.1 Å². The van der Waals surface area contributed by atoms with Crippen LogP contribution in [0.25, 0.3) is 10.9 Å². The molecule has 174 valence electrons. The molecule has 0 saturated carbocycles. The molecule has 5 rings (SSSR count). The fraction of sp³-hybridized carbons (Fsp3) is 0.500. The molecule has 0 bridgehead atoms. The molecular weight excluding hydrogens is 416 g/mol. The minimum Gasteiger partial charge on any atom is -0.369 e. The van der Waals surface area contributed by atoms with Crippen LogP contribution in [0.1, 0.15) is 37.3 Å². The molecule has 2 aromatic heterocycles. The summed E-state index contributed by atoms with van der Waals surface area (Å²) in [5.74, 6) is 0.612. The van der Waals surface area contributed by atoms with Gasteiger partial charge in [0.15, 0.2) is 0 Å². The van der Waals surface area contributed by atoms with E-state index in [-0.39, 0.29) is 11.5 Å². The first-order valence-electron chi connectivity index (χ1n) is 11.8. The molecular formula is C24H32N8O. The number of hydrogen-bond donors (Lipinski definition) is 3. The van der Waals surface area contributed by atoms with Crippen LogP contribution in [0.2, 0.25) is 0 Å². The van der Waals surface area contributed by atoms with Gasteiger partial charge in [0.2, 0.25) is 5.95 Å². The van der Waals surface area contributed by atoms with E-state index in [2.05, 4.69) is 61.8 Å². The second-order valence-corrected chi connectivity index (χ2v) is 9.46. The molecule has 2 aliphatic rings. The molecule has 4 N–H and O–H groups in total. The van der Waals surface area contributed by atoms with Crippen LogP contribution in [0.4, 0.5) is 11.8 Å². The molecule has 9 heteroatoms. The number of anilines is 2. The van der Waals surface area contributed by atoms with E-state index in [4.69, 9.17) is 5.73 Å². The highest BCUT2D eigenvalue weighted by molar-refractivity contribution is 5.88. The van der Waals surface area contributed by atoms with Gasteiger partial charge in [0.25, 0.3) is 5.56 Å². The van der Waals surface area contributed by atoms with Gasteiger partial charge in [0, 0.05) is 38.1 Å². The van der Waals surface area contributed by atoms with Crippen molar-refractivity contribution in [2.45, 2.75) is 39.3 Å². The zero-order chi connectivity index (χ0) is 22.8. The van der Waals surface area contributed by atoms with Crippen LogP contribution in [-0.2, 0) is 13.1 Å². The lowest BCUT2D eigenvalue weighted by Crippen LogP contribution is -2.54. The number of benzene rings is 1. The molecule has 0 aliphatic carbocycles. The summed E-state index contributed by atoms with van der Waals surface area (Å²) in [7, 11) is 0. The number of aromatic nitrogens is 4. The maximum absolute atomic E-state index is 13.2. The third kappa shape index (κ3) is 4.56. The number of fused-ring (bicyclic) bond motifs is 1. The van der Waals surface area contributed by atoms with Crippen LogP contribution in [0.3, 0.4) is 0 Å². The summed E-state index contributed by atoms with van der Waals surface area (Å²) in [6.45, 7) is 8.87. The lowest BCUT2D eigenvalue weighted by molar-refractivity contribution is 0.167. The smallest absolute Gasteiger partial charge is 0.280 e. The largest absolute Gasteiger partial charge is 0.369 e. The predicted octanol–water partition coefficient (Wildman–Crippen LogP) is 1.82. The summed E-state index contributed by atoms with van der Waals surface area (Å²) in [5, 5.41) is 11.4. The standard InChI is InChI=1S/C24H32N8O/c1-2-3-9-27-21-20-19(29-23(25)30-21)11-28-32(22(20)33)13-18-6-4-17(5-7-18)12-31-10-8-24(16-31)14-26-15-24/h4-7,11,26H,2-3,8-10,12-16H2,1H3,(H3,25,27,29,30). The number of nitrogens with zero attached hydrogens (tertiary/aromatic N) is 5. The normalized spacial score (nSPS) is 17.5. The van der Waals surface area contributed by atoms with Gasteiger partial charge < -0.3 is 16.4 Å². The molecule has 4 heterocycles. The van der Waals surface area contributed by atoms with Gasteiger partial charge in [0.05, 0.1) is 12.7 Å². The van der Waals surface area contributed by atoms with Crippen molar-refractivity contribution in [1.82, 2.24) is 30.0 Å². The Hall–Kier alpha value is -3.04. The van der Waals surface area contributed by atoms with Crippen LogP contribution < -0.4 is 21.9 Å². The maximum atomic E-state index is 13.2. The summed E-state index contributed by atoms with van der Waals surface area (Å²) < 4.78 is 1.47.